The SMILES string of the molecule is COc1cccc(CN(C(=O)CN(c2cc(Cl)c(Cl)cc2Cl)S(C)(=O)=O)[C@@H](C)C(=O)NCC(C)C)c1. The summed E-state index contributed by atoms with van der Waals surface area (Å²) >= 11 is 18.3. The molecule has 12 heteroatoms. The van der Waals surface area contributed by atoms with Gasteiger partial charge in [-0.3, -0.25) is 13.9 Å². The van der Waals surface area contributed by atoms with Crippen LogP contribution >= 0.6 is 34.8 Å². The van der Waals surface area contributed by atoms with Crippen molar-refractivity contribution >= 4 is 62.3 Å². The highest BCUT2D eigenvalue weighted by Crippen LogP contribution is 2.35. The second-order valence-electron chi connectivity index (χ2n) is 8.68. The Morgan fingerprint density at radius 2 is 1.67 bits per heavy atom. The van der Waals surface area contributed by atoms with E-state index >= 15 is 0 Å². The van der Waals surface area contributed by atoms with Crippen LogP contribution in [0.4, 0.5) is 5.69 Å². The molecule has 36 heavy (non-hydrogen) atoms. The lowest BCUT2D eigenvalue weighted by atomic mass is 10.1. The van der Waals surface area contributed by atoms with E-state index in [9.17, 15) is 18.0 Å². The zero-order chi connectivity index (χ0) is 27.2. The number of hydrogen-bond donors (Lipinski definition) is 1. The van der Waals surface area contributed by atoms with Crippen LogP contribution in [0.25, 0.3) is 0 Å². The number of carbonyl (C=O) groups is 2. The number of halogens is 3. The van der Waals surface area contributed by atoms with Gasteiger partial charge in [0.25, 0.3) is 0 Å². The Kier molecular flexibility index (Phi) is 10.7. The zero-order valence-corrected chi connectivity index (χ0v) is 23.8. The number of carbonyl (C=O) groups excluding carboxylic acids is 2. The first-order valence-electron chi connectivity index (χ1n) is 11.1. The van der Waals surface area contributed by atoms with E-state index in [0.29, 0.717) is 17.9 Å². The first-order chi connectivity index (χ1) is 16.7. The van der Waals surface area contributed by atoms with E-state index in [1.54, 1.807) is 31.2 Å². The lowest BCUT2D eigenvalue weighted by Crippen LogP contribution is -2.51. The summed E-state index contributed by atoms with van der Waals surface area (Å²) in [5.74, 6) is -0.186. The van der Waals surface area contributed by atoms with Crippen LogP contribution in [0.15, 0.2) is 36.4 Å². The van der Waals surface area contributed by atoms with Gasteiger partial charge in [-0.15, -0.1) is 0 Å². The van der Waals surface area contributed by atoms with Gasteiger partial charge < -0.3 is 15.0 Å². The maximum atomic E-state index is 13.6. The minimum Gasteiger partial charge on any atom is -0.497 e. The van der Waals surface area contributed by atoms with E-state index in [0.717, 1.165) is 10.6 Å². The van der Waals surface area contributed by atoms with E-state index in [1.807, 2.05) is 13.8 Å². The van der Waals surface area contributed by atoms with Crippen LogP contribution in [0.3, 0.4) is 0 Å². The largest absolute Gasteiger partial charge is 0.497 e. The number of nitrogens with one attached hydrogen (secondary N) is 1. The van der Waals surface area contributed by atoms with Gasteiger partial charge in [0, 0.05) is 13.1 Å². The molecule has 0 saturated carbocycles. The van der Waals surface area contributed by atoms with Crippen molar-refractivity contribution in [3.05, 3.63) is 57.0 Å². The van der Waals surface area contributed by atoms with E-state index in [1.165, 1.54) is 24.1 Å². The van der Waals surface area contributed by atoms with Crippen molar-refractivity contribution < 1.29 is 22.7 Å². The van der Waals surface area contributed by atoms with Crippen LogP contribution in [0.1, 0.15) is 26.3 Å². The van der Waals surface area contributed by atoms with E-state index < -0.39 is 28.5 Å². The molecule has 0 bridgehead atoms. The first-order valence-corrected chi connectivity index (χ1v) is 14.0. The topological polar surface area (TPSA) is 96.0 Å². The molecule has 2 aromatic carbocycles. The molecule has 2 amide bonds. The Morgan fingerprint density at radius 1 is 1.03 bits per heavy atom. The van der Waals surface area contributed by atoms with Crippen molar-refractivity contribution in [2.24, 2.45) is 5.92 Å². The Balaban J connectivity index is 2.45. The van der Waals surface area contributed by atoms with Gasteiger partial charge in [-0.2, -0.15) is 0 Å². The molecule has 0 heterocycles. The van der Waals surface area contributed by atoms with Gasteiger partial charge >= 0.3 is 0 Å². The molecule has 0 radical (unpaired) electrons. The fourth-order valence-corrected chi connectivity index (χ4v) is 4.85. The van der Waals surface area contributed by atoms with E-state index in [4.69, 9.17) is 39.5 Å². The third-order valence-electron chi connectivity index (χ3n) is 5.28. The van der Waals surface area contributed by atoms with Gasteiger partial charge in [0.15, 0.2) is 0 Å². The average Bonchev–Trinajstić information content (AvgIpc) is 2.80. The molecule has 2 rings (SSSR count). The van der Waals surface area contributed by atoms with Crippen molar-refractivity contribution in [1.29, 1.82) is 0 Å². The number of ether oxygens (including phenoxy) is 1. The maximum absolute atomic E-state index is 13.6. The summed E-state index contributed by atoms with van der Waals surface area (Å²) in [6.45, 7) is 5.36. The summed E-state index contributed by atoms with van der Waals surface area (Å²) in [6.07, 6.45) is 0.949. The number of benzene rings is 2. The second kappa shape index (κ2) is 12.9. The molecule has 0 aliphatic heterocycles. The maximum Gasteiger partial charge on any atom is 0.244 e. The van der Waals surface area contributed by atoms with Crippen LogP contribution in [0.2, 0.25) is 15.1 Å². The van der Waals surface area contributed by atoms with Crippen LogP contribution in [0.5, 0.6) is 5.75 Å². The number of methoxy groups -OCH3 is 1. The number of rotatable bonds is 11. The third-order valence-corrected chi connectivity index (χ3v) is 7.43. The molecule has 0 spiro atoms. The van der Waals surface area contributed by atoms with Crippen molar-refractivity contribution in [3.63, 3.8) is 0 Å². The molecule has 0 fully saturated rings. The van der Waals surface area contributed by atoms with Crippen molar-refractivity contribution in [2.75, 3.05) is 30.8 Å². The normalized spacial score (nSPS) is 12.2. The fraction of sp³-hybridized carbons (Fsp3) is 0.417. The molecule has 8 nitrogen and oxygen atoms in total. The molecule has 1 N–H and O–H groups in total. The van der Waals surface area contributed by atoms with Gasteiger partial charge in [-0.1, -0.05) is 60.8 Å². The number of sulfonamides is 1. The molecule has 0 saturated heterocycles. The van der Waals surface area contributed by atoms with Crippen LogP contribution in [-0.4, -0.2) is 57.6 Å². The predicted molar refractivity (Wildman–Crippen MR) is 145 cm³/mol. The van der Waals surface area contributed by atoms with Crippen molar-refractivity contribution in [3.8, 4) is 5.75 Å². The van der Waals surface area contributed by atoms with Crippen LogP contribution < -0.4 is 14.4 Å². The van der Waals surface area contributed by atoms with Crippen molar-refractivity contribution in [2.45, 2.75) is 33.4 Å². The summed E-state index contributed by atoms with van der Waals surface area (Å²) in [5, 5.41) is 3.04. The molecule has 0 aliphatic rings. The lowest BCUT2D eigenvalue weighted by molar-refractivity contribution is -0.139. The number of amides is 2. The van der Waals surface area contributed by atoms with Crippen LogP contribution in [-0.2, 0) is 26.2 Å². The number of anilines is 1. The summed E-state index contributed by atoms with van der Waals surface area (Å²) in [6, 6.07) is 8.73. The predicted octanol–water partition coefficient (Wildman–Crippen LogP) is 4.61. The highest BCUT2D eigenvalue weighted by atomic mass is 35.5. The minimum atomic E-state index is -3.97. The Morgan fingerprint density at radius 3 is 2.25 bits per heavy atom. The molecular weight excluding hydrogens is 549 g/mol. The molecule has 0 aromatic heterocycles. The smallest absolute Gasteiger partial charge is 0.244 e. The monoisotopic (exact) mass is 577 g/mol. The molecule has 0 aliphatic carbocycles. The van der Waals surface area contributed by atoms with Crippen molar-refractivity contribution in [1.82, 2.24) is 10.2 Å². The highest BCUT2D eigenvalue weighted by Gasteiger charge is 2.31. The lowest BCUT2D eigenvalue weighted by Gasteiger charge is -2.32. The number of hydrogen-bond acceptors (Lipinski definition) is 5. The Labute approximate surface area is 227 Å². The standard InChI is InChI=1S/C24H30Cl3N3O5S/c1-15(2)12-28-24(32)16(3)29(13-17-7-6-8-18(9-17)35-4)23(31)14-30(36(5,33)34)22-11-20(26)19(25)10-21(22)27/h6-11,15-16H,12-14H2,1-5H3,(H,28,32)/t16-/m0/s1. The van der Waals surface area contributed by atoms with Gasteiger partial charge in [-0.05, 0) is 42.7 Å². The molecule has 2 aromatic rings. The van der Waals surface area contributed by atoms with Gasteiger partial charge in [-0.25, -0.2) is 8.42 Å². The third kappa shape index (κ3) is 8.16. The van der Waals surface area contributed by atoms with E-state index in [2.05, 4.69) is 5.32 Å². The average molecular weight is 579 g/mol. The van der Waals surface area contributed by atoms with E-state index in [-0.39, 0.29) is 39.1 Å². The van der Waals surface area contributed by atoms with Gasteiger partial charge in [0.1, 0.15) is 18.3 Å². The summed E-state index contributed by atoms with van der Waals surface area (Å²) in [7, 11) is -2.45. The Hall–Kier alpha value is -2.20. The Bertz CT molecular complexity index is 1210. The fourth-order valence-electron chi connectivity index (χ4n) is 3.30. The first kappa shape index (κ1) is 30.0. The molecule has 198 valence electrons. The second-order valence-corrected chi connectivity index (χ2v) is 11.8. The zero-order valence-electron chi connectivity index (χ0n) is 20.7. The molecule has 1 atom stereocenters. The van der Waals surface area contributed by atoms with Gasteiger partial charge in [0.2, 0.25) is 21.8 Å². The highest BCUT2D eigenvalue weighted by molar-refractivity contribution is 7.92. The molecular formula is C24H30Cl3N3O5S. The summed E-state index contributed by atoms with van der Waals surface area (Å²) in [5.41, 5.74) is 0.699. The number of nitrogens with zero attached hydrogens (tertiary/aromatic N) is 2. The summed E-state index contributed by atoms with van der Waals surface area (Å²) < 4.78 is 31.5. The van der Waals surface area contributed by atoms with Gasteiger partial charge in [0.05, 0.1) is 34.1 Å². The molecule has 0 unspecified atom stereocenters. The quantitative estimate of drug-likeness (QED) is 0.393. The minimum absolute atomic E-state index is 0.000148. The van der Waals surface area contributed by atoms with Crippen LogP contribution in [0, 0.1) is 5.92 Å². The summed E-state index contributed by atoms with van der Waals surface area (Å²) in [4.78, 5) is 27.8.